The van der Waals surface area contributed by atoms with E-state index in [-0.39, 0.29) is 23.6 Å². The molecule has 0 saturated heterocycles. The van der Waals surface area contributed by atoms with E-state index in [0.717, 1.165) is 46.4 Å². The van der Waals surface area contributed by atoms with E-state index in [9.17, 15) is 4.79 Å². The van der Waals surface area contributed by atoms with Gasteiger partial charge < -0.3 is 14.8 Å². The van der Waals surface area contributed by atoms with Gasteiger partial charge in [-0.05, 0) is 48.6 Å². The topological polar surface area (TPSA) is 91.2 Å². The minimum atomic E-state index is -0.124. The third-order valence-corrected chi connectivity index (χ3v) is 6.68. The first-order chi connectivity index (χ1) is 16.1. The number of carbonyl (C=O) groups excluding carboxylic acids is 1. The van der Waals surface area contributed by atoms with Gasteiger partial charge in [-0.15, -0.1) is 10.2 Å². The van der Waals surface area contributed by atoms with E-state index in [1.165, 1.54) is 11.8 Å². The Kier molecular flexibility index (Phi) is 6.22. The van der Waals surface area contributed by atoms with Crippen LogP contribution in [0.5, 0.6) is 11.5 Å². The molecule has 2 aromatic heterocycles. The van der Waals surface area contributed by atoms with Crippen molar-refractivity contribution < 1.29 is 14.3 Å². The number of carbonyl (C=O) groups is 1. The number of amides is 1. The normalized spacial score (nSPS) is 16.0. The first kappa shape index (κ1) is 21.8. The van der Waals surface area contributed by atoms with Gasteiger partial charge in [0.15, 0.2) is 22.5 Å². The van der Waals surface area contributed by atoms with Gasteiger partial charge in [-0.25, -0.2) is 0 Å². The van der Waals surface area contributed by atoms with E-state index >= 15 is 0 Å². The third-order valence-electron chi connectivity index (χ3n) is 5.74. The van der Waals surface area contributed by atoms with Crippen LogP contribution in [0.3, 0.4) is 0 Å². The van der Waals surface area contributed by atoms with Crippen LogP contribution >= 0.6 is 11.8 Å². The van der Waals surface area contributed by atoms with Crippen LogP contribution in [0, 0.1) is 5.92 Å². The number of ether oxygens (including phenoxy) is 2. The monoisotopic (exact) mass is 465 g/mol. The van der Waals surface area contributed by atoms with Crippen LogP contribution in [-0.4, -0.2) is 44.6 Å². The van der Waals surface area contributed by atoms with E-state index < -0.39 is 0 Å². The second-order valence-corrected chi connectivity index (χ2v) is 9.57. The van der Waals surface area contributed by atoms with E-state index in [1.807, 2.05) is 30.3 Å². The molecular weight excluding hydrogens is 438 g/mol. The summed E-state index contributed by atoms with van der Waals surface area (Å²) in [4.78, 5) is 17.1. The average molecular weight is 466 g/mol. The smallest absolute Gasteiger partial charge is 0.230 e. The molecule has 0 bridgehead atoms. The van der Waals surface area contributed by atoms with Gasteiger partial charge in [-0.2, -0.15) is 0 Å². The van der Waals surface area contributed by atoms with Crippen LogP contribution in [0.4, 0.5) is 0 Å². The first-order valence-corrected chi connectivity index (χ1v) is 12.3. The van der Waals surface area contributed by atoms with Crippen LogP contribution in [0.15, 0.2) is 47.9 Å². The Morgan fingerprint density at radius 3 is 2.73 bits per heavy atom. The molecule has 3 aromatic rings. The highest BCUT2D eigenvalue weighted by Gasteiger charge is 2.30. The molecule has 0 radical (unpaired) electrons. The number of thioether (sulfide) groups is 1. The molecule has 1 unspecified atom stereocenters. The predicted molar refractivity (Wildman–Crippen MR) is 125 cm³/mol. The molecular formula is C24H27N5O3S. The maximum Gasteiger partial charge on any atom is 0.230 e. The minimum Gasteiger partial charge on any atom is -0.486 e. The Labute approximate surface area is 197 Å². The molecule has 1 aliphatic carbocycles. The molecule has 5 rings (SSSR count). The van der Waals surface area contributed by atoms with Crippen molar-refractivity contribution in [3.63, 3.8) is 0 Å². The van der Waals surface area contributed by atoms with Crippen molar-refractivity contribution in [1.82, 2.24) is 25.1 Å². The van der Waals surface area contributed by atoms with Gasteiger partial charge in [-0.1, -0.05) is 31.7 Å². The highest BCUT2D eigenvalue weighted by atomic mass is 32.2. The van der Waals surface area contributed by atoms with Gasteiger partial charge in [-0.3, -0.25) is 14.3 Å². The van der Waals surface area contributed by atoms with Gasteiger partial charge in [0.05, 0.1) is 11.8 Å². The number of hydrogen-bond acceptors (Lipinski definition) is 7. The molecule has 2 aliphatic rings. The molecule has 33 heavy (non-hydrogen) atoms. The zero-order valence-corrected chi connectivity index (χ0v) is 19.5. The van der Waals surface area contributed by atoms with Gasteiger partial charge in [0.25, 0.3) is 0 Å². The van der Waals surface area contributed by atoms with Crippen molar-refractivity contribution >= 4 is 17.7 Å². The molecule has 1 amide bonds. The Morgan fingerprint density at radius 2 is 2.00 bits per heavy atom. The van der Waals surface area contributed by atoms with Crippen molar-refractivity contribution in [3.8, 4) is 22.9 Å². The lowest BCUT2D eigenvalue weighted by molar-refractivity contribution is -0.119. The van der Waals surface area contributed by atoms with Crippen LogP contribution in [-0.2, 0) is 4.79 Å². The molecule has 172 valence electrons. The summed E-state index contributed by atoms with van der Waals surface area (Å²) in [6, 6.07) is 10.0. The molecule has 1 fully saturated rings. The van der Waals surface area contributed by atoms with Gasteiger partial charge in [0.1, 0.15) is 13.2 Å². The van der Waals surface area contributed by atoms with Gasteiger partial charge in [0, 0.05) is 24.0 Å². The van der Waals surface area contributed by atoms with Crippen LogP contribution in [0.1, 0.15) is 44.3 Å². The Morgan fingerprint density at radius 1 is 1.18 bits per heavy atom. The van der Waals surface area contributed by atoms with E-state index in [2.05, 4.69) is 38.9 Å². The zero-order valence-electron chi connectivity index (χ0n) is 18.7. The molecule has 1 aromatic carbocycles. The molecule has 1 atom stereocenters. The van der Waals surface area contributed by atoms with E-state index in [4.69, 9.17) is 9.47 Å². The summed E-state index contributed by atoms with van der Waals surface area (Å²) in [5.41, 5.74) is 1.94. The summed E-state index contributed by atoms with van der Waals surface area (Å²) in [7, 11) is 0. The number of aromatic nitrogens is 4. The maximum absolute atomic E-state index is 12.9. The van der Waals surface area contributed by atoms with Gasteiger partial charge in [0.2, 0.25) is 5.91 Å². The Bertz CT molecular complexity index is 1130. The summed E-state index contributed by atoms with van der Waals surface area (Å²) < 4.78 is 13.5. The minimum absolute atomic E-state index is 0.0399. The van der Waals surface area contributed by atoms with Crippen LogP contribution < -0.4 is 14.8 Å². The number of hydrogen-bond donors (Lipinski definition) is 1. The molecule has 8 nitrogen and oxygen atoms in total. The summed E-state index contributed by atoms with van der Waals surface area (Å²) in [6.45, 7) is 5.29. The summed E-state index contributed by atoms with van der Waals surface area (Å²) in [5.74, 6) is 2.73. The largest absolute Gasteiger partial charge is 0.486 e. The average Bonchev–Trinajstić information content (AvgIpc) is 3.59. The SMILES string of the molecule is CC(C)C(NC(=O)CSc1nnc(-c2cccnc2)n1C1CC1)c1ccc2c(c1)OCCO2. The van der Waals surface area contributed by atoms with E-state index in [0.29, 0.717) is 19.3 Å². The standard InChI is InChI=1S/C24H27N5O3S/c1-15(2)22(16-5-8-19-20(12-16)32-11-10-31-19)26-21(30)14-33-24-28-27-23(29(24)18-6-7-18)17-4-3-9-25-13-17/h3-5,8-9,12-13,15,18,22H,6-7,10-11,14H2,1-2H3,(H,26,30). The summed E-state index contributed by atoms with van der Waals surface area (Å²) >= 11 is 1.42. The number of fused-ring (bicyclic) bond motifs is 1. The number of pyridine rings is 1. The van der Waals surface area contributed by atoms with Crippen molar-refractivity contribution in [2.24, 2.45) is 5.92 Å². The van der Waals surface area contributed by atoms with E-state index in [1.54, 1.807) is 12.4 Å². The third kappa shape index (κ3) is 4.83. The van der Waals surface area contributed by atoms with Crippen molar-refractivity contribution in [2.75, 3.05) is 19.0 Å². The number of nitrogens with zero attached hydrogens (tertiary/aromatic N) is 4. The van der Waals surface area contributed by atoms with Crippen LogP contribution in [0.25, 0.3) is 11.4 Å². The molecule has 1 aliphatic heterocycles. The van der Waals surface area contributed by atoms with Crippen LogP contribution in [0.2, 0.25) is 0 Å². The fourth-order valence-electron chi connectivity index (χ4n) is 3.96. The molecule has 1 N–H and O–H groups in total. The second-order valence-electron chi connectivity index (χ2n) is 8.63. The van der Waals surface area contributed by atoms with Crippen molar-refractivity contribution in [1.29, 1.82) is 0 Å². The Hall–Kier alpha value is -3.07. The lowest BCUT2D eigenvalue weighted by Gasteiger charge is -2.25. The molecule has 0 spiro atoms. The quantitative estimate of drug-likeness (QED) is 0.502. The number of benzene rings is 1. The summed E-state index contributed by atoms with van der Waals surface area (Å²) in [5, 5.41) is 12.7. The maximum atomic E-state index is 12.9. The molecule has 9 heteroatoms. The lowest BCUT2D eigenvalue weighted by atomic mass is 9.95. The fraction of sp³-hybridized carbons (Fsp3) is 0.417. The first-order valence-electron chi connectivity index (χ1n) is 11.3. The molecule has 1 saturated carbocycles. The number of rotatable bonds is 8. The highest BCUT2D eigenvalue weighted by molar-refractivity contribution is 7.99. The van der Waals surface area contributed by atoms with Crippen molar-refractivity contribution in [2.45, 2.75) is 43.9 Å². The second kappa shape index (κ2) is 9.43. The van der Waals surface area contributed by atoms with Gasteiger partial charge >= 0.3 is 0 Å². The zero-order chi connectivity index (χ0) is 22.8. The lowest BCUT2D eigenvalue weighted by Crippen LogP contribution is -2.33. The summed E-state index contributed by atoms with van der Waals surface area (Å²) in [6.07, 6.45) is 5.74. The fourth-order valence-corrected chi connectivity index (χ4v) is 4.78. The number of nitrogens with one attached hydrogen (secondary N) is 1. The van der Waals surface area contributed by atoms with Crippen molar-refractivity contribution in [3.05, 3.63) is 48.3 Å². The molecule has 3 heterocycles. The Balaban J connectivity index is 1.28. The highest BCUT2D eigenvalue weighted by Crippen LogP contribution is 2.41. The predicted octanol–water partition coefficient (Wildman–Crippen LogP) is 4.05.